The number of methoxy groups -OCH3 is 2. The largest absolute Gasteiger partial charge is 0.502 e. The molecule has 0 amide bonds. The molecular weight excluding hydrogens is 388 g/mol. The number of phenols is 1. The fraction of sp³-hybridized carbons (Fsp3) is 0.0870. The third-order valence-electron chi connectivity index (χ3n) is 5.13. The van der Waals surface area contributed by atoms with Crippen LogP contribution in [0.2, 0.25) is 0 Å². The van der Waals surface area contributed by atoms with Crippen molar-refractivity contribution < 1.29 is 14.6 Å². The van der Waals surface area contributed by atoms with Gasteiger partial charge in [0.2, 0.25) is 5.75 Å². The molecule has 5 nitrogen and oxygen atoms in total. The number of hydrogen-bond acceptors (Lipinski definition) is 4. The lowest BCUT2D eigenvalue weighted by Gasteiger charge is -2.10. The maximum absolute atomic E-state index is 10.2. The van der Waals surface area contributed by atoms with E-state index in [0.29, 0.717) is 17.3 Å². The van der Waals surface area contributed by atoms with Crippen LogP contribution in [0.1, 0.15) is 0 Å². The van der Waals surface area contributed by atoms with Crippen LogP contribution in [0.4, 0.5) is 0 Å². The number of benzene rings is 4. The van der Waals surface area contributed by atoms with Gasteiger partial charge in [0.05, 0.1) is 25.3 Å². The maximum atomic E-state index is 10.2. The first kappa shape index (κ1) is 18.9. The second-order valence-corrected chi connectivity index (χ2v) is 6.63. The van der Waals surface area contributed by atoms with Crippen molar-refractivity contribution in [2.24, 2.45) is 0 Å². The number of imidazole rings is 1. The molecule has 146 valence electrons. The molecule has 0 saturated carbocycles. The number of ether oxygens (including phenoxy) is 2. The highest BCUT2D eigenvalue weighted by Crippen LogP contribution is 2.41. The molecule has 0 unspecified atom stereocenters. The van der Waals surface area contributed by atoms with Crippen molar-refractivity contribution in [3.05, 3.63) is 60.7 Å². The molecule has 29 heavy (non-hydrogen) atoms. The van der Waals surface area contributed by atoms with Crippen molar-refractivity contribution in [1.82, 2.24) is 9.97 Å². The van der Waals surface area contributed by atoms with Crippen molar-refractivity contribution >= 4 is 45.0 Å². The van der Waals surface area contributed by atoms with Gasteiger partial charge in [-0.2, -0.15) is 0 Å². The van der Waals surface area contributed by atoms with Crippen molar-refractivity contribution in [3.8, 4) is 28.6 Å². The monoisotopic (exact) mass is 406 g/mol. The van der Waals surface area contributed by atoms with Gasteiger partial charge in [-0.25, -0.2) is 4.98 Å². The Morgan fingerprint density at radius 1 is 0.793 bits per heavy atom. The fourth-order valence-electron chi connectivity index (χ4n) is 3.79. The lowest BCUT2D eigenvalue weighted by molar-refractivity contribution is 0.340. The maximum Gasteiger partial charge on any atom is 0.200 e. The Balaban J connectivity index is 0.00000205. The number of aromatic hydroxyl groups is 1. The van der Waals surface area contributed by atoms with Gasteiger partial charge >= 0.3 is 0 Å². The highest BCUT2D eigenvalue weighted by Gasteiger charge is 2.17. The summed E-state index contributed by atoms with van der Waals surface area (Å²) in [6.07, 6.45) is 0. The molecule has 1 heterocycles. The van der Waals surface area contributed by atoms with Crippen LogP contribution < -0.4 is 9.47 Å². The van der Waals surface area contributed by atoms with Crippen LogP contribution in [0.25, 0.3) is 44.0 Å². The van der Waals surface area contributed by atoms with Gasteiger partial charge in [0.25, 0.3) is 0 Å². The summed E-state index contributed by atoms with van der Waals surface area (Å²) in [4.78, 5) is 8.36. The Morgan fingerprint density at radius 2 is 1.31 bits per heavy atom. The number of fused-ring (bicyclic) bond motifs is 6. The van der Waals surface area contributed by atoms with Crippen molar-refractivity contribution in [3.63, 3.8) is 0 Å². The highest BCUT2D eigenvalue weighted by molar-refractivity contribution is 6.23. The topological polar surface area (TPSA) is 67.4 Å². The van der Waals surface area contributed by atoms with Crippen LogP contribution >= 0.6 is 12.4 Å². The SMILES string of the molecule is COc1cc(-c2nc3c4ccccc4c4ccccc4c3[nH]2)cc(OC)c1O.Cl. The van der Waals surface area contributed by atoms with E-state index in [4.69, 9.17) is 14.5 Å². The number of aromatic nitrogens is 2. The molecule has 0 fully saturated rings. The normalized spacial score (nSPS) is 11.0. The Kier molecular flexibility index (Phi) is 4.68. The predicted octanol–water partition coefficient (Wildman–Crippen LogP) is 5.68. The molecule has 4 aromatic carbocycles. The molecule has 5 rings (SSSR count). The Labute approximate surface area is 173 Å². The van der Waals surface area contributed by atoms with Gasteiger partial charge in [0.1, 0.15) is 5.82 Å². The van der Waals surface area contributed by atoms with E-state index in [9.17, 15) is 5.11 Å². The van der Waals surface area contributed by atoms with E-state index in [0.717, 1.165) is 27.4 Å². The lowest BCUT2D eigenvalue weighted by atomic mass is 10.0. The van der Waals surface area contributed by atoms with Gasteiger partial charge in [-0.15, -0.1) is 12.4 Å². The van der Waals surface area contributed by atoms with Gasteiger partial charge in [-0.3, -0.25) is 0 Å². The summed E-state index contributed by atoms with van der Waals surface area (Å²) in [7, 11) is 3.02. The van der Waals surface area contributed by atoms with E-state index in [2.05, 4.69) is 29.2 Å². The molecule has 0 aliphatic rings. The standard InChI is InChI=1S/C23H18N2O3.ClH/c1-27-18-11-13(12-19(28-2)22(18)26)23-24-20-16-9-5-3-7-14(16)15-8-4-6-10-17(15)21(20)25-23;/h3-12,26H,1-2H3,(H,24,25);1H. The number of halogens is 1. The summed E-state index contributed by atoms with van der Waals surface area (Å²) >= 11 is 0. The molecule has 0 aliphatic carbocycles. The number of H-pyrrole nitrogens is 1. The van der Waals surface area contributed by atoms with Crippen molar-refractivity contribution in [2.45, 2.75) is 0 Å². The number of nitrogens with zero attached hydrogens (tertiary/aromatic N) is 1. The molecule has 5 aromatic rings. The van der Waals surface area contributed by atoms with Gasteiger partial charge in [-0.05, 0) is 22.9 Å². The van der Waals surface area contributed by atoms with Crippen LogP contribution in [0.3, 0.4) is 0 Å². The van der Waals surface area contributed by atoms with E-state index in [1.807, 2.05) is 24.3 Å². The van der Waals surface area contributed by atoms with Gasteiger partial charge in [-0.1, -0.05) is 48.5 Å². The summed E-state index contributed by atoms with van der Waals surface area (Å²) < 4.78 is 10.6. The van der Waals surface area contributed by atoms with Crippen molar-refractivity contribution in [1.29, 1.82) is 0 Å². The first-order chi connectivity index (χ1) is 13.7. The lowest BCUT2D eigenvalue weighted by Crippen LogP contribution is -1.91. The fourth-order valence-corrected chi connectivity index (χ4v) is 3.79. The van der Waals surface area contributed by atoms with E-state index in [1.165, 1.54) is 25.0 Å². The second kappa shape index (κ2) is 7.18. The number of phenolic OH excluding ortho intramolecular Hbond substituents is 1. The molecule has 6 heteroatoms. The zero-order valence-electron chi connectivity index (χ0n) is 15.9. The van der Waals surface area contributed by atoms with Gasteiger partial charge < -0.3 is 19.6 Å². The molecule has 0 saturated heterocycles. The van der Waals surface area contributed by atoms with E-state index in [-0.39, 0.29) is 18.2 Å². The number of nitrogens with one attached hydrogen (secondary N) is 1. The van der Waals surface area contributed by atoms with Crippen LogP contribution in [0.5, 0.6) is 17.2 Å². The van der Waals surface area contributed by atoms with Crippen molar-refractivity contribution in [2.75, 3.05) is 14.2 Å². The summed E-state index contributed by atoms with van der Waals surface area (Å²) in [5.41, 5.74) is 2.67. The molecule has 1 aromatic heterocycles. The van der Waals surface area contributed by atoms with E-state index in [1.54, 1.807) is 12.1 Å². The molecule has 0 atom stereocenters. The summed E-state index contributed by atoms with van der Waals surface area (Å²) in [5, 5.41) is 14.8. The predicted molar refractivity (Wildman–Crippen MR) is 119 cm³/mol. The molecule has 2 N–H and O–H groups in total. The minimum atomic E-state index is -0.0271. The van der Waals surface area contributed by atoms with Crippen LogP contribution in [-0.2, 0) is 0 Å². The smallest absolute Gasteiger partial charge is 0.200 e. The first-order valence-electron chi connectivity index (χ1n) is 8.95. The quantitative estimate of drug-likeness (QED) is 0.378. The first-order valence-corrected chi connectivity index (χ1v) is 8.95. The summed E-state index contributed by atoms with van der Waals surface area (Å²) in [6, 6.07) is 20.1. The van der Waals surface area contributed by atoms with Crippen LogP contribution in [0.15, 0.2) is 60.7 Å². The second-order valence-electron chi connectivity index (χ2n) is 6.63. The number of hydrogen-bond donors (Lipinski definition) is 2. The van der Waals surface area contributed by atoms with Crippen LogP contribution in [0, 0.1) is 0 Å². The average molecular weight is 407 g/mol. The number of rotatable bonds is 3. The minimum Gasteiger partial charge on any atom is -0.502 e. The summed E-state index contributed by atoms with van der Waals surface area (Å²) in [5.74, 6) is 1.34. The third-order valence-corrected chi connectivity index (χ3v) is 5.13. The zero-order valence-corrected chi connectivity index (χ0v) is 16.7. The van der Waals surface area contributed by atoms with E-state index >= 15 is 0 Å². The molecule has 0 bridgehead atoms. The van der Waals surface area contributed by atoms with E-state index < -0.39 is 0 Å². The highest BCUT2D eigenvalue weighted by atomic mass is 35.5. The third kappa shape index (κ3) is 2.82. The summed E-state index contributed by atoms with van der Waals surface area (Å²) in [6.45, 7) is 0. The van der Waals surface area contributed by atoms with Gasteiger partial charge in [0.15, 0.2) is 11.5 Å². The Hall–Kier alpha value is -3.44. The Morgan fingerprint density at radius 3 is 1.90 bits per heavy atom. The molecule has 0 aliphatic heterocycles. The molecular formula is C23H19ClN2O3. The Bertz CT molecular complexity index is 1260. The average Bonchev–Trinajstić information content (AvgIpc) is 3.20. The van der Waals surface area contributed by atoms with Crippen LogP contribution in [-0.4, -0.2) is 29.3 Å². The molecule has 0 radical (unpaired) electrons. The number of aromatic amines is 1. The molecule has 0 spiro atoms. The minimum absolute atomic E-state index is 0. The zero-order chi connectivity index (χ0) is 19.3. The van der Waals surface area contributed by atoms with Gasteiger partial charge in [0, 0.05) is 16.3 Å².